The number of methoxy groups -OCH3 is 1. The van der Waals surface area contributed by atoms with Crippen LogP contribution in [0.5, 0.6) is 0 Å². The Bertz CT molecular complexity index is 91.7. The van der Waals surface area contributed by atoms with Crippen LogP contribution < -0.4 is 4.72 Å². The van der Waals surface area contributed by atoms with Gasteiger partial charge in [-0.25, -0.2) is 0 Å². The summed E-state index contributed by atoms with van der Waals surface area (Å²) in [4.78, 5) is 0. The largest absolute Gasteiger partial charge is 0.498 e. The molecule has 0 bridgehead atoms. The van der Waals surface area contributed by atoms with Crippen molar-refractivity contribution in [3.8, 4) is 0 Å². The normalized spacial score (nSPS) is 19.3. The van der Waals surface area contributed by atoms with E-state index in [2.05, 4.69) is 10.1 Å². The van der Waals surface area contributed by atoms with Crippen LogP contribution in [-0.4, -0.2) is 13.7 Å². The van der Waals surface area contributed by atoms with E-state index in [0.29, 0.717) is 0 Å². The van der Waals surface area contributed by atoms with Crippen molar-refractivity contribution in [2.75, 3.05) is 13.7 Å². The molecule has 0 saturated carbocycles. The smallest absolute Gasteiger partial charge is 0.126 e. The molecule has 0 spiro atoms. The fourth-order valence-electron chi connectivity index (χ4n) is 0.345. The number of nitrogens with one attached hydrogen (secondary N) is 1. The van der Waals surface area contributed by atoms with Gasteiger partial charge in [0.05, 0.1) is 19.1 Å². The third kappa shape index (κ3) is 1.11. The van der Waals surface area contributed by atoms with Gasteiger partial charge < -0.3 is 4.74 Å². The second-order valence-electron chi connectivity index (χ2n) is 1.15. The van der Waals surface area contributed by atoms with Gasteiger partial charge in [-0.15, -0.1) is 0 Å². The Balaban J connectivity index is 2.36. The molecule has 0 saturated heterocycles. The zero-order chi connectivity index (χ0) is 5.11. The van der Waals surface area contributed by atoms with E-state index in [1.807, 2.05) is 0 Å². The summed E-state index contributed by atoms with van der Waals surface area (Å²) < 4.78 is 7.80. The van der Waals surface area contributed by atoms with Gasteiger partial charge in [-0.2, -0.15) is 0 Å². The number of rotatable bonds is 1. The Morgan fingerprint density at radius 2 is 2.86 bits per heavy atom. The van der Waals surface area contributed by atoms with Crippen molar-refractivity contribution < 1.29 is 4.74 Å². The van der Waals surface area contributed by atoms with E-state index in [-0.39, 0.29) is 0 Å². The van der Waals surface area contributed by atoms with Crippen LogP contribution in [-0.2, 0) is 4.74 Å². The SMILES string of the molecule is COC1=[C]SNC1. The van der Waals surface area contributed by atoms with Crippen molar-refractivity contribution >= 4 is 11.9 Å². The summed E-state index contributed by atoms with van der Waals surface area (Å²) >= 11 is 1.44. The average Bonchev–Trinajstić information content (AvgIpc) is 2.14. The first-order valence-electron chi connectivity index (χ1n) is 1.98. The molecule has 0 aromatic carbocycles. The van der Waals surface area contributed by atoms with Gasteiger partial charge >= 0.3 is 0 Å². The monoisotopic (exact) mass is 116 g/mol. The van der Waals surface area contributed by atoms with Crippen molar-refractivity contribution in [3.05, 3.63) is 11.2 Å². The van der Waals surface area contributed by atoms with Crippen LogP contribution in [0.15, 0.2) is 5.76 Å². The summed E-state index contributed by atoms with van der Waals surface area (Å²) in [7, 11) is 1.65. The number of hydrogen-bond donors (Lipinski definition) is 1. The highest BCUT2D eigenvalue weighted by atomic mass is 32.2. The number of ether oxygens (including phenoxy) is 1. The molecule has 1 N–H and O–H groups in total. The van der Waals surface area contributed by atoms with Gasteiger partial charge in [0.2, 0.25) is 0 Å². The lowest BCUT2D eigenvalue weighted by Gasteiger charge is -1.93. The maximum absolute atomic E-state index is 4.83. The van der Waals surface area contributed by atoms with Crippen molar-refractivity contribution in [1.29, 1.82) is 0 Å². The molecule has 3 heteroatoms. The highest BCUT2D eigenvalue weighted by Crippen LogP contribution is 2.08. The minimum Gasteiger partial charge on any atom is -0.498 e. The molecule has 0 aliphatic carbocycles. The van der Waals surface area contributed by atoms with Crippen molar-refractivity contribution in [1.82, 2.24) is 4.72 Å². The number of hydrogen-bond acceptors (Lipinski definition) is 3. The fraction of sp³-hybridized carbons (Fsp3) is 0.500. The summed E-state index contributed by atoms with van der Waals surface area (Å²) in [6.45, 7) is 0.807. The van der Waals surface area contributed by atoms with E-state index < -0.39 is 0 Å². The molecule has 0 aromatic heterocycles. The van der Waals surface area contributed by atoms with E-state index in [1.165, 1.54) is 11.9 Å². The van der Waals surface area contributed by atoms with Crippen LogP contribution in [0.3, 0.4) is 0 Å². The first kappa shape index (κ1) is 5.00. The summed E-state index contributed by atoms with van der Waals surface area (Å²) in [5.74, 6) is 0.894. The van der Waals surface area contributed by atoms with Gasteiger partial charge in [0, 0.05) is 0 Å². The minimum absolute atomic E-state index is 0.807. The molecule has 0 unspecified atom stereocenters. The molecule has 39 valence electrons. The van der Waals surface area contributed by atoms with Crippen molar-refractivity contribution in [2.45, 2.75) is 0 Å². The van der Waals surface area contributed by atoms with Crippen LogP contribution in [0.1, 0.15) is 0 Å². The van der Waals surface area contributed by atoms with Gasteiger partial charge in [0.25, 0.3) is 0 Å². The Kier molecular flexibility index (Phi) is 1.59. The second-order valence-corrected chi connectivity index (χ2v) is 1.85. The molecule has 0 aromatic rings. The van der Waals surface area contributed by atoms with E-state index in [4.69, 9.17) is 4.74 Å². The van der Waals surface area contributed by atoms with E-state index in [0.717, 1.165) is 12.3 Å². The van der Waals surface area contributed by atoms with Crippen LogP contribution >= 0.6 is 11.9 Å². The lowest BCUT2D eigenvalue weighted by atomic mass is 10.6. The predicted molar refractivity (Wildman–Crippen MR) is 29.4 cm³/mol. The summed E-state index contributed by atoms with van der Waals surface area (Å²) in [5.41, 5.74) is 0. The average molecular weight is 116 g/mol. The van der Waals surface area contributed by atoms with Gasteiger partial charge in [-0.3, -0.25) is 4.72 Å². The minimum atomic E-state index is 0.807. The Morgan fingerprint density at radius 3 is 3.14 bits per heavy atom. The van der Waals surface area contributed by atoms with Crippen LogP contribution in [0.4, 0.5) is 0 Å². The molecule has 2 nitrogen and oxygen atoms in total. The maximum Gasteiger partial charge on any atom is 0.126 e. The Hall–Kier alpha value is -0.150. The molecule has 1 aliphatic rings. The molecule has 0 amide bonds. The quantitative estimate of drug-likeness (QED) is 0.505. The van der Waals surface area contributed by atoms with E-state index >= 15 is 0 Å². The fourth-order valence-corrected chi connectivity index (χ4v) is 0.889. The molecular weight excluding hydrogens is 110 g/mol. The van der Waals surface area contributed by atoms with Gasteiger partial charge in [0.15, 0.2) is 0 Å². The Labute approximate surface area is 47.1 Å². The first-order chi connectivity index (χ1) is 3.43. The lowest BCUT2D eigenvalue weighted by Crippen LogP contribution is -2.00. The van der Waals surface area contributed by atoms with Crippen molar-refractivity contribution in [2.24, 2.45) is 0 Å². The first-order valence-corrected chi connectivity index (χ1v) is 2.79. The summed E-state index contributed by atoms with van der Waals surface area (Å²) in [5, 5.41) is 2.91. The van der Waals surface area contributed by atoms with Gasteiger partial charge in [-0.05, 0) is 11.9 Å². The standard InChI is InChI=1S/C4H6NOS/c1-6-4-2-5-7-3-4/h5H,2H2,1H3. The zero-order valence-corrected chi connectivity index (χ0v) is 4.84. The third-order valence-corrected chi connectivity index (χ3v) is 1.33. The molecule has 0 fully saturated rings. The zero-order valence-electron chi connectivity index (χ0n) is 4.02. The molecule has 1 rings (SSSR count). The van der Waals surface area contributed by atoms with Crippen LogP contribution in [0.25, 0.3) is 0 Å². The van der Waals surface area contributed by atoms with Gasteiger partial charge in [0.1, 0.15) is 5.76 Å². The summed E-state index contributed by atoms with van der Waals surface area (Å²) in [6.07, 6.45) is 0. The van der Waals surface area contributed by atoms with E-state index in [9.17, 15) is 0 Å². The maximum atomic E-state index is 4.83. The predicted octanol–water partition coefficient (Wildman–Crippen LogP) is 0.529. The van der Waals surface area contributed by atoms with Gasteiger partial charge in [-0.1, -0.05) is 0 Å². The van der Waals surface area contributed by atoms with Crippen molar-refractivity contribution in [3.63, 3.8) is 0 Å². The molecule has 1 heterocycles. The molecule has 1 aliphatic heterocycles. The molecule has 1 radical (unpaired) electrons. The molecule has 7 heavy (non-hydrogen) atoms. The van der Waals surface area contributed by atoms with Crippen LogP contribution in [0, 0.1) is 5.41 Å². The topological polar surface area (TPSA) is 21.3 Å². The van der Waals surface area contributed by atoms with E-state index in [1.54, 1.807) is 7.11 Å². The summed E-state index contributed by atoms with van der Waals surface area (Å²) in [6, 6.07) is 0. The van der Waals surface area contributed by atoms with Crippen LogP contribution in [0.2, 0.25) is 0 Å². The lowest BCUT2D eigenvalue weighted by molar-refractivity contribution is 0.287. The third-order valence-electron chi connectivity index (χ3n) is 0.716. The highest BCUT2D eigenvalue weighted by molar-refractivity contribution is 7.99. The Morgan fingerprint density at radius 1 is 2.00 bits per heavy atom. The second kappa shape index (κ2) is 2.23. The highest BCUT2D eigenvalue weighted by Gasteiger charge is 2.01. The molecule has 0 atom stereocenters. The molecular formula is C4H6NOS.